The summed E-state index contributed by atoms with van der Waals surface area (Å²) in [6.07, 6.45) is 2.10. The number of para-hydroxylation sites is 1. The number of carbonyl (C=O) groups is 1. The van der Waals surface area contributed by atoms with Gasteiger partial charge < -0.3 is 10.1 Å². The van der Waals surface area contributed by atoms with Crippen molar-refractivity contribution in [2.45, 2.75) is 39.5 Å². The van der Waals surface area contributed by atoms with Gasteiger partial charge in [-0.15, -0.1) is 0 Å². The van der Waals surface area contributed by atoms with Crippen LogP contribution in [0.4, 0.5) is 5.69 Å². The maximum absolute atomic E-state index is 12.9. The van der Waals surface area contributed by atoms with Crippen LogP contribution in [0.5, 0.6) is 0 Å². The van der Waals surface area contributed by atoms with Crippen molar-refractivity contribution in [3.63, 3.8) is 0 Å². The molecular weight excluding hydrogens is 456 g/mol. The Morgan fingerprint density at radius 3 is 2.44 bits per heavy atom. The average molecular weight is 485 g/mol. The van der Waals surface area contributed by atoms with E-state index in [0.29, 0.717) is 24.4 Å². The molecule has 0 aliphatic carbocycles. The van der Waals surface area contributed by atoms with E-state index >= 15 is 0 Å². The van der Waals surface area contributed by atoms with Crippen LogP contribution in [0.25, 0.3) is 16.9 Å². The van der Waals surface area contributed by atoms with Gasteiger partial charge in [-0.25, -0.2) is 4.68 Å². The Hall–Kier alpha value is -4.30. The number of hydrogen-bond donors (Lipinski definition) is 1. The van der Waals surface area contributed by atoms with Crippen LogP contribution in [0.15, 0.2) is 85.1 Å². The topological polar surface area (TPSA) is 99.3 Å². The summed E-state index contributed by atoms with van der Waals surface area (Å²) in [6, 6.07) is 23.7. The number of nitro groups is 1. The van der Waals surface area contributed by atoms with Crippen LogP contribution in [0.3, 0.4) is 0 Å². The van der Waals surface area contributed by atoms with Gasteiger partial charge in [-0.2, -0.15) is 5.10 Å². The molecule has 0 fully saturated rings. The molecule has 0 atom stereocenters. The lowest BCUT2D eigenvalue weighted by Crippen LogP contribution is -2.24. The van der Waals surface area contributed by atoms with Gasteiger partial charge in [-0.05, 0) is 49.2 Å². The molecule has 184 valence electrons. The van der Waals surface area contributed by atoms with Crippen molar-refractivity contribution < 1.29 is 14.5 Å². The monoisotopic (exact) mass is 484 g/mol. The van der Waals surface area contributed by atoms with Gasteiger partial charge >= 0.3 is 0 Å². The number of nitrogens with one attached hydrogen (secondary N) is 1. The Bertz CT molecular complexity index is 1330. The molecule has 3 aromatic carbocycles. The molecule has 0 aliphatic rings. The van der Waals surface area contributed by atoms with E-state index in [-0.39, 0.29) is 24.1 Å². The van der Waals surface area contributed by atoms with Crippen LogP contribution in [0, 0.1) is 10.1 Å². The van der Waals surface area contributed by atoms with Crippen LogP contribution >= 0.6 is 0 Å². The number of carbonyl (C=O) groups excluding carboxylic acids is 1. The van der Waals surface area contributed by atoms with Gasteiger partial charge in [0, 0.05) is 36.0 Å². The molecular formula is C28H28N4O4. The summed E-state index contributed by atoms with van der Waals surface area (Å²) in [6.45, 7) is 4.91. The minimum Gasteiger partial charge on any atom is -0.374 e. The second kappa shape index (κ2) is 11.4. The zero-order valence-corrected chi connectivity index (χ0v) is 20.3. The van der Waals surface area contributed by atoms with Crippen LogP contribution in [0.1, 0.15) is 30.5 Å². The molecule has 8 nitrogen and oxygen atoms in total. The fourth-order valence-electron chi connectivity index (χ4n) is 3.76. The quantitative estimate of drug-likeness (QED) is 0.245. The number of benzene rings is 3. The zero-order valence-electron chi connectivity index (χ0n) is 20.3. The van der Waals surface area contributed by atoms with Gasteiger partial charge in [-0.1, -0.05) is 42.5 Å². The number of amides is 1. The number of nitro benzene ring substituents is 1. The van der Waals surface area contributed by atoms with Crippen LogP contribution in [0.2, 0.25) is 0 Å². The third-order valence-electron chi connectivity index (χ3n) is 5.58. The Kier molecular flexibility index (Phi) is 7.87. The van der Waals surface area contributed by atoms with Gasteiger partial charge in [0.2, 0.25) is 5.91 Å². The molecule has 0 unspecified atom stereocenters. The van der Waals surface area contributed by atoms with Gasteiger partial charge in [0.25, 0.3) is 5.69 Å². The fourth-order valence-corrected chi connectivity index (χ4v) is 3.76. The van der Waals surface area contributed by atoms with Crippen molar-refractivity contribution in [3.05, 3.63) is 112 Å². The van der Waals surface area contributed by atoms with Gasteiger partial charge in [-0.3, -0.25) is 14.9 Å². The first-order chi connectivity index (χ1) is 17.4. The van der Waals surface area contributed by atoms with Gasteiger partial charge in [0.1, 0.15) is 0 Å². The highest BCUT2D eigenvalue weighted by Gasteiger charge is 2.17. The van der Waals surface area contributed by atoms with E-state index in [4.69, 9.17) is 9.84 Å². The molecule has 1 heterocycles. The van der Waals surface area contributed by atoms with Crippen molar-refractivity contribution in [3.8, 4) is 16.9 Å². The molecule has 36 heavy (non-hydrogen) atoms. The maximum atomic E-state index is 12.9. The third kappa shape index (κ3) is 6.43. The standard InChI is InChI=1S/C28H28N4O4/c1-20(2)36-19-22-8-6-7-21(15-22)17-29-27(33)16-24-18-31(25-9-4-3-5-10-25)30-28(24)23-11-13-26(14-12-23)32(34)35/h3-15,18,20H,16-17,19H2,1-2H3,(H,29,33). The highest BCUT2D eigenvalue weighted by Crippen LogP contribution is 2.26. The molecule has 0 saturated carbocycles. The largest absolute Gasteiger partial charge is 0.374 e. The molecule has 0 spiro atoms. The first-order valence-corrected chi connectivity index (χ1v) is 11.7. The minimum absolute atomic E-state index is 0.00144. The fraction of sp³-hybridized carbons (Fsp3) is 0.214. The predicted octanol–water partition coefficient (Wildman–Crippen LogP) is 5.23. The van der Waals surface area contributed by atoms with E-state index in [0.717, 1.165) is 22.4 Å². The summed E-state index contributed by atoms with van der Waals surface area (Å²) in [5.41, 5.74) is 4.94. The second-order valence-corrected chi connectivity index (χ2v) is 8.72. The summed E-state index contributed by atoms with van der Waals surface area (Å²) >= 11 is 0. The summed E-state index contributed by atoms with van der Waals surface area (Å²) in [5.74, 6) is -0.144. The molecule has 8 heteroatoms. The summed E-state index contributed by atoms with van der Waals surface area (Å²) in [4.78, 5) is 23.5. The van der Waals surface area contributed by atoms with Crippen molar-refractivity contribution in [2.75, 3.05) is 0 Å². The molecule has 1 aromatic heterocycles. The normalized spacial score (nSPS) is 11.0. The van der Waals surface area contributed by atoms with Crippen LogP contribution < -0.4 is 5.32 Å². The molecule has 0 aliphatic heterocycles. The third-order valence-corrected chi connectivity index (χ3v) is 5.58. The Morgan fingerprint density at radius 2 is 1.75 bits per heavy atom. The molecule has 0 radical (unpaired) electrons. The Morgan fingerprint density at radius 1 is 1.03 bits per heavy atom. The summed E-state index contributed by atoms with van der Waals surface area (Å²) in [5, 5.41) is 18.7. The summed E-state index contributed by atoms with van der Waals surface area (Å²) in [7, 11) is 0. The molecule has 4 aromatic rings. The number of rotatable bonds is 10. The van der Waals surface area contributed by atoms with E-state index in [1.54, 1.807) is 16.8 Å². The molecule has 1 N–H and O–H groups in total. The minimum atomic E-state index is -0.440. The highest BCUT2D eigenvalue weighted by molar-refractivity contribution is 5.81. The van der Waals surface area contributed by atoms with Crippen LogP contribution in [-0.4, -0.2) is 26.7 Å². The molecule has 0 bridgehead atoms. The number of ether oxygens (including phenoxy) is 1. The number of non-ortho nitro benzene ring substituents is 1. The number of nitrogens with zero attached hydrogens (tertiary/aromatic N) is 3. The smallest absolute Gasteiger partial charge is 0.269 e. The average Bonchev–Trinajstić information content (AvgIpc) is 3.30. The van der Waals surface area contributed by atoms with Crippen LogP contribution in [-0.2, 0) is 29.1 Å². The second-order valence-electron chi connectivity index (χ2n) is 8.72. The van der Waals surface area contributed by atoms with E-state index in [1.807, 2.05) is 74.6 Å². The van der Waals surface area contributed by atoms with Crippen molar-refractivity contribution in [2.24, 2.45) is 0 Å². The lowest BCUT2D eigenvalue weighted by molar-refractivity contribution is -0.384. The highest BCUT2D eigenvalue weighted by atomic mass is 16.6. The molecule has 1 amide bonds. The van der Waals surface area contributed by atoms with E-state index < -0.39 is 4.92 Å². The molecule has 0 saturated heterocycles. The number of aromatic nitrogens is 2. The Labute approximate surface area is 209 Å². The van der Waals surface area contributed by atoms with Crippen molar-refractivity contribution in [1.29, 1.82) is 0 Å². The number of hydrogen-bond acceptors (Lipinski definition) is 5. The van der Waals surface area contributed by atoms with E-state index in [2.05, 4.69) is 5.32 Å². The lowest BCUT2D eigenvalue weighted by atomic mass is 10.1. The van der Waals surface area contributed by atoms with E-state index in [9.17, 15) is 14.9 Å². The predicted molar refractivity (Wildman–Crippen MR) is 138 cm³/mol. The molecule has 4 rings (SSSR count). The van der Waals surface area contributed by atoms with Gasteiger partial charge in [0.15, 0.2) is 0 Å². The lowest BCUT2D eigenvalue weighted by Gasteiger charge is -2.10. The first-order valence-electron chi connectivity index (χ1n) is 11.7. The van der Waals surface area contributed by atoms with Gasteiger partial charge in [0.05, 0.1) is 35.4 Å². The zero-order chi connectivity index (χ0) is 25.5. The summed E-state index contributed by atoms with van der Waals surface area (Å²) < 4.78 is 7.39. The van der Waals surface area contributed by atoms with Crippen molar-refractivity contribution in [1.82, 2.24) is 15.1 Å². The maximum Gasteiger partial charge on any atom is 0.269 e. The Balaban J connectivity index is 1.51. The SMILES string of the molecule is CC(C)OCc1cccc(CNC(=O)Cc2cn(-c3ccccc3)nc2-c2ccc([N+](=O)[O-])cc2)c1. The van der Waals surface area contributed by atoms with E-state index in [1.165, 1.54) is 12.1 Å². The first kappa shape index (κ1) is 24.8. The van der Waals surface area contributed by atoms with Crippen molar-refractivity contribution >= 4 is 11.6 Å².